The minimum Gasteiger partial charge on any atom is -0.496 e. The van der Waals surface area contributed by atoms with Crippen LogP contribution in [0.2, 0.25) is 0 Å². The predicted octanol–water partition coefficient (Wildman–Crippen LogP) is 5.26. The Morgan fingerprint density at radius 3 is 2.24 bits per heavy atom. The molecule has 1 aromatic rings. The van der Waals surface area contributed by atoms with Crippen LogP contribution in [0.15, 0.2) is 18.2 Å². The van der Waals surface area contributed by atoms with E-state index in [1.165, 1.54) is 36.8 Å². The van der Waals surface area contributed by atoms with Gasteiger partial charge in [-0.2, -0.15) is 0 Å². The Hall–Kier alpha value is -1.02. The molecule has 1 rings (SSSR count). The van der Waals surface area contributed by atoms with E-state index in [4.69, 9.17) is 4.74 Å². The van der Waals surface area contributed by atoms with Crippen molar-refractivity contribution in [3.63, 3.8) is 0 Å². The van der Waals surface area contributed by atoms with Crippen molar-refractivity contribution in [2.24, 2.45) is 5.92 Å². The smallest absolute Gasteiger partial charge is 0.123 e. The maximum atomic E-state index is 5.63. The molecular formula is C19H33NO. The highest BCUT2D eigenvalue weighted by Crippen LogP contribution is 2.35. The molecule has 0 amide bonds. The van der Waals surface area contributed by atoms with Crippen LogP contribution in [0.4, 0.5) is 0 Å². The normalized spacial score (nSPS) is 12.7. The first-order valence-corrected chi connectivity index (χ1v) is 8.55. The first kappa shape index (κ1) is 18.0. The number of methoxy groups -OCH3 is 1. The fraction of sp³-hybridized carbons (Fsp3) is 0.684. The maximum absolute atomic E-state index is 5.63. The molecule has 0 saturated heterocycles. The number of hydrogen-bond acceptors (Lipinski definition) is 2. The second kappa shape index (κ2) is 9.83. The topological polar surface area (TPSA) is 21.3 Å². The van der Waals surface area contributed by atoms with Crippen LogP contribution in [-0.4, -0.2) is 13.7 Å². The monoisotopic (exact) mass is 291 g/mol. The third kappa shape index (κ3) is 5.35. The number of hydrogen-bond donors (Lipinski definition) is 1. The van der Waals surface area contributed by atoms with Gasteiger partial charge in [-0.3, -0.25) is 0 Å². The summed E-state index contributed by atoms with van der Waals surface area (Å²) in [5.74, 6) is 1.70. The van der Waals surface area contributed by atoms with E-state index in [0.29, 0.717) is 12.0 Å². The Balaban J connectivity index is 3.12. The molecule has 1 N–H and O–H groups in total. The summed E-state index contributed by atoms with van der Waals surface area (Å²) in [6, 6.07) is 6.94. The second-order valence-corrected chi connectivity index (χ2v) is 6.01. The fourth-order valence-corrected chi connectivity index (χ4v) is 3.15. The van der Waals surface area contributed by atoms with Gasteiger partial charge in [0.2, 0.25) is 0 Å². The molecule has 0 bridgehead atoms. The van der Waals surface area contributed by atoms with E-state index in [9.17, 15) is 0 Å². The van der Waals surface area contributed by atoms with E-state index in [1.807, 2.05) is 0 Å². The number of rotatable bonds is 10. The zero-order chi connectivity index (χ0) is 15.7. The molecule has 0 spiro atoms. The number of benzene rings is 1. The highest BCUT2D eigenvalue weighted by molar-refractivity contribution is 5.39. The van der Waals surface area contributed by atoms with E-state index >= 15 is 0 Å². The molecule has 1 atom stereocenters. The van der Waals surface area contributed by atoms with Gasteiger partial charge in [-0.15, -0.1) is 0 Å². The van der Waals surface area contributed by atoms with Crippen LogP contribution in [0.1, 0.15) is 70.0 Å². The molecule has 0 aliphatic rings. The molecular weight excluding hydrogens is 258 g/mol. The molecule has 21 heavy (non-hydrogen) atoms. The Kier molecular flexibility index (Phi) is 8.44. The van der Waals surface area contributed by atoms with Crippen LogP contribution in [0, 0.1) is 12.8 Å². The third-order valence-corrected chi connectivity index (χ3v) is 4.12. The van der Waals surface area contributed by atoms with Gasteiger partial charge in [0.25, 0.3) is 0 Å². The molecule has 0 aromatic heterocycles. The fourth-order valence-electron chi connectivity index (χ4n) is 3.15. The average molecular weight is 291 g/mol. The van der Waals surface area contributed by atoms with Gasteiger partial charge in [0.1, 0.15) is 5.75 Å². The minimum atomic E-state index is 0.403. The molecule has 2 nitrogen and oxygen atoms in total. The zero-order valence-corrected chi connectivity index (χ0v) is 14.5. The lowest BCUT2D eigenvalue weighted by Gasteiger charge is -2.30. The molecule has 0 fully saturated rings. The Morgan fingerprint density at radius 1 is 1.05 bits per heavy atom. The van der Waals surface area contributed by atoms with E-state index < -0.39 is 0 Å². The lowest BCUT2D eigenvalue weighted by molar-refractivity contribution is 0.305. The first-order valence-electron chi connectivity index (χ1n) is 8.55. The van der Waals surface area contributed by atoms with Crippen molar-refractivity contribution in [1.29, 1.82) is 0 Å². The molecule has 1 aromatic carbocycles. The van der Waals surface area contributed by atoms with E-state index in [0.717, 1.165) is 18.7 Å². The molecule has 0 saturated carbocycles. The summed E-state index contributed by atoms with van der Waals surface area (Å²) < 4.78 is 5.63. The van der Waals surface area contributed by atoms with Crippen LogP contribution in [-0.2, 0) is 0 Å². The van der Waals surface area contributed by atoms with Crippen LogP contribution in [0.25, 0.3) is 0 Å². The Bertz CT molecular complexity index is 397. The van der Waals surface area contributed by atoms with Gasteiger partial charge in [0.15, 0.2) is 0 Å². The number of nitrogens with one attached hydrogen (secondary N) is 1. The summed E-state index contributed by atoms with van der Waals surface area (Å²) in [5, 5.41) is 3.78. The van der Waals surface area contributed by atoms with E-state index in [2.05, 4.69) is 51.2 Å². The third-order valence-electron chi connectivity index (χ3n) is 4.12. The SMILES string of the molecule is CCCNC(c1cc(C)ccc1OC)C(CCC)CCC. The van der Waals surface area contributed by atoms with Crippen molar-refractivity contribution < 1.29 is 4.74 Å². The highest BCUT2D eigenvalue weighted by atomic mass is 16.5. The summed E-state index contributed by atoms with van der Waals surface area (Å²) in [5.41, 5.74) is 2.64. The van der Waals surface area contributed by atoms with Gasteiger partial charge < -0.3 is 10.1 Å². The summed E-state index contributed by atoms with van der Waals surface area (Å²) in [4.78, 5) is 0. The minimum absolute atomic E-state index is 0.403. The van der Waals surface area contributed by atoms with Gasteiger partial charge >= 0.3 is 0 Å². The van der Waals surface area contributed by atoms with Crippen molar-refractivity contribution in [1.82, 2.24) is 5.32 Å². The van der Waals surface area contributed by atoms with Gasteiger partial charge in [0.05, 0.1) is 7.11 Å². The van der Waals surface area contributed by atoms with Crippen molar-refractivity contribution in [3.05, 3.63) is 29.3 Å². The van der Waals surface area contributed by atoms with E-state index in [-0.39, 0.29) is 0 Å². The lowest BCUT2D eigenvalue weighted by atomic mass is 9.85. The quantitative estimate of drug-likeness (QED) is 0.635. The molecule has 1 unspecified atom stereocenters. The Labute approximate surface area is 131 Å². The first-order chi connectivity index (χ1) is 10.2. The average Bonchev–Trinajstić information content (AvgIpc) is 2.48. The van der Waals surface area contributed by atoms with Crippen molar-refractivity contribution in [3.8, 4) is 5.75 Å². The van der Waals surface area contributed by atoms with Gasteiger partial charge in [-0.05, 0) is 44.7 Å². The Morgan fingerprint density at radius 2 is 1.71 bits per heavy atom. The van der Waals surface area contributed by atoms with Crippen molar-refractivity contribution in [2.75, 3.05) is 13.7 Å². The molecule has 120 valence electrons. The summed E-state index contributed by atoms with van der Waals surface area (Å²) in [6.07, 6.45) is 6.18. The molecule has 0 heterocycles. The van der Waals surface area contributed by atoms with Gasteiger partial charge in [-0.25, -0.2) is 0 Å². The summed E-state index contributed by atoms with van der Waals surface area (Å²) >= 11 is 0. The van der Waals surface area contributed by atoms with Gasteiger partial charge in [-0.1, -0.05) is 51.3 Å². The number of ether oxygens (including phenoxy) is 1. The van der Waals surface area contributed by atoms with Crippen LogP contribution in [0.5, 0.6) is 5.75 Å². The molecule has 0 aliphatic heterocycles. The summed E-state index contributed by atoms with van der Waals surface area (Å²) in [7, 11) is 1.78. The van der Waals surface area contributed by atoms with Gasteiger partial charge in [0, 0.05) is 11.6 Å². The number of aryl methyl sites for hydroxylation is 1. The van der Waals surface area contributed by atoms with Crippen molar-refractivity contribution >= 4 is 0 Å². The standard InChI is InChI=1S/C19H33NO/c1-6-9-16(10-7-2)19(20-13-8-3)17-14-15(4)11-12-18(17)21-5/h11-12,14,16,19-20H,6-10,13H2,1-5H3. The van der Waals surface area contributed by atoms with Crippen LogP contribution >= 0.6 is 0 Å². The second-order valence-electron chi connectivity index (χ2n) is 6.01. The largest absolute Gasteiger partial charge is 0.496 e. The zero-order valence-electron chi connectivity index (χ0n) is 14.5. The van der Waals surface area contributed by atoms with Crippen molar-refractivity contribution in [2.45, 2.75) is 65.8 Å². The maximum Gasteiger partial charge on any atom is 0.123 e. The van der Waals surface area contributed by atoms with Crippen LogP contribution in [0.3, 0.4) is 0 Å². The molecule has 0 aliphatic carbocycles. The molecule has 0 radical (unpaired) electrons. The highest BCUT2D eigenvalue weighted by Gasteiger charge is 2.24. The predicted molar refractivity (Wildman–Crippen MR) is 92.1 cm³/mol. The lowest BCUT2D eigenvalue weighted by Crippen LogP contribution is -2.29. The summed E-state index contributed by atoms with van der Waals surface area (Å²) in [6.45, 7) is 10.0. The van der Waals surface area contributed by atoms with E-state index in [1.54, 1.807) is 7.11 Å². The van der Waals surface area contributed by atoms with Crippen LogP contribution < -0.4 is 10.1 Å². The molecule has 2 heteroatoms.